The summed E-state index contributed by atoms with van der Waals surface area (Å²) in [4.78, 5) is 0. The van der Waals surface area contributed by atoms with Gasteiger partial charge < -0.3 is 9.73 Å². The molecule has 0 amide bonds. The second-order valence-corrected chi connectivity index (χ2v) is 6.07. The fraction of sp³-hybridized carbons (Fsp3) is 0.529. The number of benzene rings is 1. The zero-order valence-corrected chi connectivity index (χ0v) is 12.8. The Kier molecular flexibility index (Phi) is 4.00. The van der Waals surface area contributed by atoms with Gasteiger partial charge in [-0.1, -0.05) is 52.8 Å². The minimum absolute atomic E-state index is 0.109. The molecule has 2 rings (SSSR count). The lowest BCUT2D eigenvalue weighted by atomic mass is 9.86. The molecule has 0 saturated carbocycles. The van der Waals surface area contributed by atoms with Crippen molar-refractivity contribution in [2.75, 3.05) is 6.54 Å². The molecule has 19 heavy (non-hydrogen) atoms. The van der Waals surface area contributed by atoms with Gasteiger partial charge in [0.2, 0.25) is 0 Å². The maximum Gasteiger partial charge on any atom is 0.138 e. The predicted octanol–water partition coefficient (Wildman–Crippen LogP) is 4.40. The van der Waals surface area contributed by atoms with E-state index in [9.17, 15) is 0 Å². The van der Waals surface area contributed by atoms with Gasteiger partial charge in [0.25, 0.3) is 0 Å². The number of hydrogen-bond donors (Lipinski definition) is 1. The van der Waals surface area contributed by atoms with Crippen LogP contribution in [0, 0.1) is 0 Å². The smallest absolute Gasteiger partial charge is 0.138 e. The predicted molar refractivity (Wildman–Crippen MR) is 81.7 cm³/mol. The van der Waals surface area contributed by atoms with Gasteiger partial charge in [-0.05, 0) is 18.4 Å². The Bertz CT molecular complexity index is 560. The summed E-state index contributed by atoms with van der Waals surface area (Å²) < 4.78 is 6.19. The monoisotopic (exact) mass is 259 g/mol. The highest BCUT2D eigenvalue weighted by Gasteiger charge is 2.21. The molecule has 0 fully saturated rings. The first-order valence-corrected chi connectivity index (χ1v) is 7.23. The van der Waals surface area contributed by atoms with E-state index in [1.165, 1.54) is 16.5 Å². The molecule has 0 aliphatic heterocycles. The molecule has 0 saturated heterocycles. The number of furan rings is 1. The lowest BCUT2D eigenvalue weighted by molar-refractivity contribution is 0.500. The molecule has 2 heteroatoms. The number of aryl methyl sites for hydroxylation is 1. The normalized spacial score (nSPS) is 12.3. The molecule has 1 aromatic carbocycles. The van der Waals surface area contributed by atoms with Crippen LogP contribution < -0.4 is 5.32 Å². The molecule has 1 aromatic heterocycles. The van der Waals surface area contributed by atoms with Gasteiger partial charge in [0.05, 0.1) is 6.54 Å². The molecule has 0 bridgehead atoms. The number of para-hydroxylation sites is 1. The Balaban J connectivity index is 2.61. The number of fused-ring (bicyclic) bond motifs is 1. The summed E-state index contributed by atoms with van der Waals surface area (Å²) in [5, 5.41) is 4.65. The Morgan fingerprint density at radius 2 is 1.89 bits per heavy atom. The van der Waals surface area contributed by atoms with Gasteiger partial charge in [0.15, 0.2) is 0 Å². The molecule has 1 N–H and O–H groups in total. The first kappa shape index (κ1) is 14.1. The van der Waals surface area contributed by atoms with Gasteiger partial charge in [-0.25, -0.2) is 0 Å². The van der Waals surface area contributed by atoms with E-state index in [-0.39, 0.29) is 5.41 Å². The summed E-state index contributed by atoms with van der Waals surface area (Å²) in [6.45, 7) is 12.8. The van der Waals surface area contributed by atoms with Crippen LogP contribution in [0.5, 0.6) is 0 Å². The van der Waals surface area contributed by atoms with Crippen molar-refractivity contribution in [2.24, 2.45) is 0 Å². The fourth-order valence-corrected chi connectivity index (χ4v) is 2.58. The van der Waals surface area contributed by atoms with E-state index in [1.807, 2.05) is 0 Å². The van der Waals surface area contributed by atoms with Crippen molar-refractivity contribution >= 4 is 11.0 Å². The minimum Gasteiger partial charge on any atom is -0.459 e. The van der Waals surface area contributed by atoms with Crippen LogP contribution in [0.25, 0.3) is 11.0 Å². The molecule has 2 aromatic rings. The summed E-state index contributed by atoms with van der Waals surface area (Å²) in [6, 6.07) is 6.51. The average Bonchev–Trinajstić information content (AvgIpc) is 2.71. The fourth-order valence-electron chi connectivity index (χ4n) is 2.58. The van der Waals surface area contributed by atoms with Crippen LogP contribution in [-0.2, 0) is 18.4 Å². The Morgan fingerprint density at radius 3 is 2.47 bits per heavy atom. The van der Waals surface area contributed by atoms with Crippen LogP contribution >= 0.6 is 0 Å². The molecule has 0 unspecified atom stereocenters. The molecule has 0 aliphatic rings. The van der Waals surface area contributed by atoms with Crippen LogP contribution in [0.4, 0.5) is 0 Å². The van der Waals surface area contributed by atoms with E-state index < -0.39 is 0 Å². The van der Waals surface area contributed by atoms with Crippen LogP contribution in [0.1, 0.15) is 51.5 Å². The van der Waals surface area contributed by atoms with Gasteiger partial charge in [0.1, 0.15) is 11.3 Å². The first-order valence-electron chi connectivity index (χ1n) is 7.23. The summed E-state index contributed by atoms with van der Waals surface area (Å²) in [7, 11) is 0. The van der Waals surface area contributed by atoms with Gasteiger partial charge >= 0.3 is 0 Å². The highest BCUT2D eigenvalue weighted by atomic mass is 16.3. The van der Waals surface area contributed by atoms with E-state index in [0.29, 0.717) is 0 Å². The van der Waals surface area contributed by atoms with E-state index in [2.05, 4.69) is 58.1 Å². The highest BCUT2D eigenvalue weighted by molar-refractivity contribution is 5.85. The first-order chi connectivity index (χ1) is 8.99. The van der Waals surface area contributed by atoms with Crippen molar-refractivity contribution in [1.29, 1.82) is 0 Å². The van der Waals surface area contributed by atoms with Gasteiger partial charge in [-0.15, -0.1) is 0 Å². The van der Waals surface area contributed by atoms with Crippen molar-refractivity contribution in [3.05, 3.63) is 35.1 Å². The van der Waals surface area contributed by atoms with Crippen molar-refractivity contribution in [3.8, 4) is 0 Å². The maximum absolute atomic E-state index is 6.19. The summed E-state index contributed by atoms with van der Waals surface area (Å²) in [5.41, 5.74) is 3.82. The van der Waals surface area contributed by atoms with Gasteiger partial charge in [-0.3, -0.25) is 0 Å². The lowest BCUT2D eigenvalue weighted by Crippen LogP contribution is -2.12. The summed E-state index contributed by atoms with van der Waals surface area (Å²) in [6.07, 6.45) is 1.02. The summed E-state index contributed by atoms with van der Waals surface area (Å²) in [5.74, 6) is 1.09. The quantitative estimate of drug-likeness (QED) is 0.880. The third-order valence-electron chi connectivity index (χ3n) is 3.60. The molecule has 0 radical (unpaired) electrons. The Hall–Kier alpha value is -1.28. The summed E-state index contributed by atoms with van der Waals surface area (Å²) >= 11 is 0. The maximum atomic E-state index is 6.19. The van der Waals surface area contributed by atoms with Crippen LogP contribution in [0.3, 0.4) is 0 Å². The number of hydrogen-bond acceptors (Lipinski definition) is 2. The third kappa shape index (κ3) is 2.69. The van der Waals surface area contributed by atoms with Gasteiger partial charge in [0, 0.05) is 16.5 Å². The topological polar surface area (TPSA) is 25.2 Å². The van der Waals surface area contributed by atoms with Crippen molar-refractivity contribution in [2.45, 2.75) is 53.0 Å². The third-order valence-corrected chi connectivity index (χ3v) is 3.60. The molecule has 2 nitrogen and oxygen atoms in total. The minimum atomic E-state index is 0.109. The molecule has 1 heterocycles. The second-order valence-electron chi connectivity index (χ2n) is 6.07. The second kappa shape index (κ2) is 5.38. The molecule has 0 atom stereocenters. The van der Waals surface area contributed by atoms with Crippen LogP contribution in [-0.4, -0.2) is 6.54 Å². The van der Waals surface area contributed by atoms with Crippen LogP contribution in [0.15, 0.2) is 22.6 Å². The largest absolute Gasteiger partial charge is 0.459 e. The van der Waals surface area contributed by atoms with E-state index in [4.69, 9.17) is 4.42 Å². The molecule has 104 valence electrons. The van der Waals surface area contributed by atoms with Crippen molar-refractivity contribution in [3.63, 3.8) is 0 Å². The number of nitrogens with one attached hydrogen (secondary N) is 1. The Labute approximate surface area is 116 Å². The van der Waals surface area contributed by atoms with E-state index in [1.54, 1.807) is 0 Å². The van der Waals surface area contributed by atoms with Crippen LogP contribution in [0.2, 0.25) is 0 Å². The molecule has 0 spiro atoms. The Morgan fingerprint density at radius 1 is 1.16 bits per heavy atom. The average molecular weight is 259 g/mol. The van der Waals surface area contributed by atoms with Crippen molar-refractivity contribution in [1.82, 2.24) is 5.32 Å². The molecule has 0 aliphatic carbocycles. The lowest BCUT2D eigenvalue weighted by Gasteiger charge is -2.18. The standard InChI is InChI=1S/C17H25NO/c1-6-12-13-9-8-10-14(17(3,4)5)16(13)19-15(12)11-18-7-2/h8-10,18H,6-7,11H2,1-5H3. The molecular weight excluding hydrogens is 234 g/mol. The van der Waals surface area contributed by atoms with Gasteiger partial charge in [-0.2, -0.15) is 0 Å². The number of rotatable bonds is 4. The zero-order chi connectivity index (χ0) is 14.0. The SMILES string of the molecule is CCNCc1oc2c(C(C)(C)C)cccc2c1CC. The van der Waals surface area contributed by atoms with E-state index >= 15 is 0 Å². The molecular formula is C17H25NO. The highest BCUT2D eigenvalue weighted by Crippen LogP contribution is 2.34. The van der Waals surface area contributed by atoms with E-state index in [0.717, 1.165) is 30.9 Å². The zero-order valence-electron chi connectivity index (χ0n) is 12.8. The van der Waals surface area contributed by atoms with Crippen molar-refractivity contribution < 1.29 is 4.42 Å².